The van der Waals surface area contributed by atoms with Gasteiger partial charge in [-0.2, -0.15) is 5.26 Å². The van der Waals surface area contributed by atoms with E-state index in [0.29, 0.717) is 17.9 Å². The first-order chi connectivity index (χ1) is 13.5. The van der Waals surface area contributed by atoms with Crippen molar-refractivity contribution in [1.29, 1.82) is 5.26 Å². The number of nitrogens with zero attached hydrogens (tertiary/aromatic N) is 3. The average Bonchev–Trinajstić information content (AvgIpc) is 3.06. The third kappa shape index (κ3) is 4.83. The van der Waals surface area contributed by atoms with Crippen molar-refractivity contribution in [2.75, 3.05) is 17.6 Å². The van der Waals surface area contributed by atoms with Crippen LogP contribution in [0.5, 0.6) is 0 Å². The summed E-state index contributed by atoms with van der Waals surface area (Å²) in [5, 5.41) is 9.27. The van der Waals surface area contributed by atoms with Crippen molar-refractivity contribution in [3.63, 3.8) is 0 Å². The van der Waals surface area contributed by atoms with Crippen LogP contribution in [0.3, 0.4) is 0 Å². The lowest BCUT2D eigenvalue weighted by molar-refractivity contribution is 0.191. The summed E-state index contributed by atoms with van der Waals surface area (Å²) in [6.07, 6.45) is 6.26. The van der Waals surface area contributed by atoms with Crippen LogP contribution in [0.25, 0.3) is 6.08 Å². The molecule has 1 aliphatic heterocycles. The number of fused-ring (bicyclic) bond motifs is 1. The van der Waals surface area contributed by atoms with Crippen LogP contribution in [-0.2, 0) is 16.6 Å². The van der Waals surface area contributed by atoms with Crippen molar-refractivity contribution in [2.45, 2.75) is 39.8 Å². The summed E-state index contributed by atoms with van der Waals surface area (Å²) in [7, 11) is -1.73. The van der Waals surface area contributed by atoms with Gasteiger partial charge in [-0.3, -0.25) is 4.31 Å². The Bertz CT molecular complexity index is 1050. The molecule has 0 aliphatic carbocycles. The van der Waals surface area contributed by atoms with Gasteiger partial charge in [0, 0.05) is 31.0 Å². The van der Waals surface area contributed by atoms with Gasteiger partial charge < -0.3 is 9.88 Å². The SMILES string of the molecule is CN(c1ccc(CN2C=Cc3cc(C#N)[nH]c3C2CC(C)(C)C)cc1)S(C)(=O)=O. The fourth-order valence-corrected chi connectivity index (χ4v) is 4.09. The van der Waals surface area contributed by atoms with Crippen LogP contribution < -0.4 is 4.31 Å². The predicted molar refractivity (Wildman–Crippen MR) is 117 cm³/mol. The molecule has 1 atom stereocenters. The van der Waals surface area contributed by atoms with E-state index in [0.717, 1.165) is 23.2 Å². The molecule has 1 unspecified atom stereocenters. The van der Waals surface area contributed by atoms with Gasteiger partial charge in [-0.15, -0.1) is 0 Å². The minimum Gasteiger partial charge on any atom is -0.365 e. The van der Waals surface area contributed by atoms with Crippen molar-refractivity contribution >= 4 is 21.8 Å². The van der Waals surface area contributed by atoms with Gasteiger partial charge in [0.25, 0.3) is 0 Å². The summed E-state index contributed by atoms with van der Waals surface area (Å²) in [4.78, 5) is 5.56. The second kappa shape index (κ2) is 7.60. The van der Waals surface area contributed by atoms with Gasteiger partial charge in [0.15, 0.2) is 0 Å². The number of hydrogen-bond acceptors (Lipinski definition) is 4. The number of anilines is 1. The Hall–Kier alpha value is -2.72. The van der Waals surface area contributed by atoms with Gasteiger partial charge in [-0.25, -0.2) is 8.42 Å². The minimum absolute atomic E-state index is 0.116. The first-order valence-corrected chi connectivity index (χ1v) is 11.4. The van der Waals surface area contributed by atoms with Crippen LogP contribution >= 0.6 is 0 Å². The zero-order chi connectivity index (χ0) is 21.4. The highest BCUT2D eigenvalue weighted by molar-refractivity contribution is 7.92. The number of hydrogen-bond donors (Lipinski definition) is 1. The fourth-order valence-electron chi connectivity index (χ4n) is 3.58. The van der Waals surface area contributed by atoms with E-state index in [1.807, 2.05) is 36.4 Å². The van der Waals surface area contributed by atoms with Crippen LogP contribution in [0, 0.1) is 16.7 Å². The van der Waals surface area contributed by atoms with E-state index in [-0.39, 0.29) is 11.5 Å². The Kier molecular flexibility index (Phi) is 5.50. The molecule has 0 spiro atoms. The molecule has 1 aromatic heterocycles. The standard InChI is InChI=1S/C22H28N4O2S/c1-22(2,3)13-20-21-17(12-18(14-23)24-21)10-11-26(20)15-16-6-8-19(9-7-16)25(4)29(5,27)28/h6-12,20,24H,13,15H2,1-5H3. The lowest BCUT2D eigenvalue weighted by Crippen LogP contribution is -2.29. The number of H-pyrrole nitrogens is 1. The molecule has 1 aromatic carbocycles. The predicted octanol–water partition coefficient (Wildman–Crippen LogP) is 4.25. The molecule has 2 aromatic rings. The largest absolute Gasteiger partial charge is 0.365 e. The highest BCUT2D eigenvalue weighted by atomic mass is 32.2. The number of nitriles is 1. The van der Waals surface area contributed by atoms with E-state index in [4.69, 9.17) is 0 Å². The lowest BCUT2D eigenvalue weighted by Gasteiger charge is -2.37. The van der Waals surface area contributed by atoms with Gasteiger partial charge in [-0.1, -0.05) is 32.9 Å². The van der Waals surface area contributed by atoms with E-state index in [2.05, 4.69) is 42.9 Å². The highest BCUT2D eigenvalue weighted by Gasteiger charge is 2.30. The maximum atomic E-state index is 11.7. The van der Waals surface area contributed by atoms with E-state index in [9.17, 15) is 13.7 Å². The zero-order valence-electron chi connectivity index (χ0n) is 17.6. The van der Waals surface area contributed by atoms with E-state index in [1.54, 1.807) is 7.05 Å². The third-order valence-electron chi connectivity index (χ3n) is 5.15. The van der Waals surface area contributed by atoms with Crippen LogP contribution in [0.4, 0.5) is 5.69 Å². The Morgan fingerprint density at radius 1 is 1.24 bits per heavy atom. The van der Waals surface area contributed by atoms with Crippen molar-refractivity contribution in [3.05, 3.63) is 59.0 Å². The van der Waals surface area contributed by atoms with Crippen LogP contribution in [0.1, 0.15) is 55.7 Å². The van der Waals surface area contributed by atoms with Gasteiger partial charge in [0.2, 0.25) is 10.0 Å². The molecular formula is C22H28N4O2S. The maximum Gasteiger partial charge on any atom is 0.231 e. The summed E-state index contributed by atoms with van der Waals surface area (Å²) >= 11 is 0. The molecule has 0 radical (unpaired) electrons. The van der Waals surface area contributed by atoms with E-state index < -0.39 is 10.0 Å². The quantitative estimate of drug-likeness (QED) is 0.796. The number of aromatic nitrogens is 1. The number of rotatable bonds is 5. The summed E-state index contributed by atoms with van der Waals surface area (Å²) in [6.45, 7) is 7.34. The summed E-state index contributed by atoms with van der Waals surface area (Å²) in [5.41, 5.74) is 4.57. The molecule has 0 saturated heterocycles. The molecule has 3 rings (SSSR count). The molecule has 2 heterocycles. The van der Waals surface area contributed by atoms with Gasteiger partial charge in [0.1, 0.15) is 11.8 Å². The Balaban J connectivity index is 1.86. The average molecular weight is 413 g/mol. The van der Waals surface area contributed by atoms with Crippen molar-refractivity contribution < 1.29 is 8.42 Å². The molecule has 0 fully saturated rings. The minimum atomic E-state index is -3.28. The topological polar surface area (TPSA) is 80.2 Å². The number of benzene rings is 1. The van der Waals surface area contributed by atoms with E-state index >= 15 is 0 Å². The second-order valence-electron chi connectivity index (χ2n) is 8.83. The molecule has 154 valence electrons. The monoisotopic (exact) mass is 412 g/mol. The van der Waals surface area contributed by atoms with Crippen LogP contribution in [0.2, 0.25) is 0 Å². The molecule has 6 nitrogen and oxygen atoms in total. The van der Waals surface area contributed by atoms with E-state index in [1.165, 1.54) is 10.6 Å². The molecule has 0 amide bonds. The van der Waals surface area contributed by atoms with Gasteiger partial charge in [-0.05, 0) is 41.7 Å². The summed E-state index contributed by atoms with van der Waals surface area (Å²) in [5.74, 6) is 0. The third-order valence-corrected chi connectivity index (χ3v) is 6.35. The van der Waals surface area contributed by atoms with Crippen LogP contribution in [0.15, 0.2) is 36.5 Å². The second-order valence-corrected chi connectivity index (χ2v) is 10.8. The Labute approximate surface area is 173 Å². The number of sulfonamides is 1. The normalized spacial score (nSPS) is 16.4. The first kappa shape index (κ1) is 21.0. The molecule has 1 aliphatic rings. The van der Waals surface area contributed by atoms with Crippen molar-refractivity contribution in [2.24, 2.45) is 5.41 Å². The first-order valence-electron chi connectivity index (χ1n) is 9.58. The maximum absolute atomic E-state index is 11.7. The van der Waals surface area contributed by atoms with Crippen molar-refractivity contribution in [3.8, 4) is 6.07 Å². The lowest BCUT2D eigenvalue weighted by atomic mass is 9.84. The fraction of sp³-hybridized carbons (Fsp3) is 0.409. The van der Waals surface area contributed by atoms with Gasteiger partial charge >= 0.3 is 0 Å². The molecule has 7 heteroatoms. The zero-order valence-corrected chi connectivity index (χ0v) is 18.4. The number of aromatic amines is 1. The number of nitrogens with one attached hydrogen (secondary N) is 1. The molecule has 0 saturated carbocycles. The Morgan fingerprint density at radius 2 is 1.90 bits per heavy atom. The molecule has 29 heavy (non-hydrogen) atoms. The Morgan fingerprint density at radius 3 is 2.45 bits per heavy atom. The molecular weight excluding hydrogens is 384 g/mol. The summed E-state index contributed by atoms with van der Waals surface area (Å²) in [6, 6.07) is 11.8. The van der Waals surface area contributed by atoms with Gasteiger partial charge in [0.05, 0.1) is 18.0 Å². The highest BCUT2D eigenvalue weighted by Crippen LogP contribution is 2.39. The summed E-state index contributed by atoms with van der Waals surface area (Å²) < 4.78 is 24.7. The molecule has 1 N–H and O–H groups in total. The smallest absolute Gasteiger partial charge is 0.231 e. The molecule has 0 bridgehead atoms. The van der Waals surface area contributed by atoms with Crippen molar-refractivity contribution in [1.82, 2.24) is 9.88 Å². The van der Waals surface area contributed by atoms with Crippen LogP contribution in [-0.4, -0.2) is 31.6 Å².